The smallest absolute Gasteiger partial charge is 0.308 e. The Morgan fingerprint density at radius 2 is 2.17 bits per heavy atom. The van der Waals surface area contributed by atoms with Gasteiger partial charge in [0.05, 0.1) is 11.6 Å². The summed E-state index contributed by atoms with van der Waals surface area (Å²) in [4.78, 5) is 29.8. The van der Waals surface area contributed by atoms with Crippen LogP contribution < -0.4 is 0 Å². The number of aromatic nitrogens is 1. The van der Waals surface area contributed by atoms with Crippen LogP contribution >= 0.6 is 0 Å². The van der Waals surface area contributed by atoms with Crippen molar-refractivity contribution in [3.63, 3.8) is 0 Å². The number of oxazole rings is 1. The number of hydrogen-bond acceptors (Lipinski definition) is 5. The highest BCUT2D eigenvalue weighted by molar-refractivity contribution is 5.92. The fraction of sp³-hybridized carbons (Fsp3) is 0.706. The van der Waals surface area contributed by atoms with Crippen LogP contribution in [0.1, 0.15) is 61.2 Å². The van der Waals surface area contributed by atoms with Gasteiger partial charge in [0, 0.05) is 32.2 Å². The second-order valence-electron chi connectivity index (χ2n) is 6.28. The number of carboxylic acids is 1. The summed E-state index contributed by atoms with van der Waals surface area (Å²) in [6, 6.07) is 0. The molecule has 1 fully saturated rings. The van der Waals surface area contributed by atoms with Gasteiger partial charge in [-0.1, -0.05) is 6.92 Å². The van der Waals surface area contributed by atoms with E-state index in [9.17, 15) is 9.59 Å². The Morgan fingerprint density at radius 1 is 1.46 bits per heavy atom. The first kappa shape index (κ1) is 18.4. The molecule has 0 aromatic carbocycles. The highest BCUT2D eigenvalue weighted by Crippen LogP contribution is 2.40. The lowest BCUT2D eigenvalue weighted by molar-refractivity contribution is -0.141. The third-order valence-corrected chi connectivity index (χ3v) is 4.06. The van der Waals surface area contributed by atoms with Gasteiger partial charge >= 0.3 is 5.97 Å². The van der Waals surface area contributed by atoms with Crippen LogP contribution in [0.3, 0.4) is 0 Å². The van der Waals surface area contributed by atoms with Crippen molar-refractivity contribution in [2.45, 2.75) is 46.0 Å². The number of aliphatic carboxylic acids is 1. The van der Waals surface area contributed by atoms with Crippen molar-refractivity contribution in [1.29, 1.82) is 0 Å². The highest BCUT2D eigenvalue weighted by Gasteiger charge is 2.32. The lowest BCUT2D eigenvalue weighted by Gasteiger charge is -2.23. The average Bonchev–Trinajstić information content (AvgIpc) is 3.32. The summed E-state index contributed by atoms with van der Waals surface area (Å²) >= 11 is 0. The molecular formula is C17H26N2O5. The predicted octanol–water partition coefficient (Wildman–Crippen LogP) is 2.45. The molecule has 7 heteroatoms. The molecule has 134 valence electrons. The van der Waals surface area contributed by atoms with Crippen LogP contribution in [0, 0.1) is 12.8 Å². The number of carbonyl (C=O) groups is 2. The van der Waals surface area contributed by atoms with Crippen LogP contribution in [0.5, 0.6) is 0 Å². The summed E-state index contributed by atoms with van der Waals surface area (Å²) in [5.74, 6) is -0.689. The Balaban J connectivity index is 2.08. The van der Waals surface area contributed by atoms with Crippen LogP contribution in [-0.2, 0) is 9.53 Å². The minimum Gasteiger partial charge on any atom is -0.481 e. The van der Waals surface area contributed by atoms with Gasteiger partial charge in [-0.3, -0.25) is 9.59 Å². The van der Waals surface area contributed by atoms with Gasteiger partial charge in [0.1, 0.15) is 0 Å². The predicted molar refractivity (Wildman–Crippen MR) is 87.0 cm³/mol. The zero-order chi connectivity index (χ0) is 17.7. The Morgan fingerprint density at radius 3 is 2.75 bits per heavy atom. The summed E-state index contributed by atoms with van der Waals surface area (Å²) in [6.45, 7) is 6.97. The van der Waals surface area contributed by atoms with Gasteiger partial charge in [-0.15, -0.1) is 0 Å². The van der Waals surface area contributed by atoms with Crippen LogP contribution in [0.2, 0.25) is 0 Å². The molecule has 0 spiro atoms. The van der Waals surface area contributed by atoms with E-state index in [2.05, 4.69) is 4.98 Å². The first-order valence-electron chi connectivity index (χ1n) is 8.51. The molecule has 24 heavy (non-hydrogen) atoms. The number of carbonyl (C=O) groups excluding carboxylic acids is 1. The number of nitrogens with zero attached hydrogens (tertiary/aromatic N) is 2. The van der Waals surface area contributed by atoms with E-state index in [0.29, 0.717) is 43.7 Å². The van der Waals surface area contributed by atoms with Gasteiger partial charge < -0.3 is 19.2 Å². The molecule has 0 aliphatic heterocycles. The summed E-state index contributed by atoms with van der Waals surface area (Å²) < 4.78 is 11.0. The zero-order valence-electron chi connectivity index (χ0n) is 14.6. The van der Waals surface area contributed by atoms with Gasteiger partial charge in [-0.05, 0) is 33.1 Å². The lowest BCUT2D eigenvalue weighted by atomic mass is 10.1. The number of hydrogen-bond donors (Lipinski definition) is 1. The monoisotopic (exact) mass is 338 g/mol. The van der Waals surface area contributed by atoms with Gasteiger partial charge in [-0.2, -0.15) is 0 Å². The second kappa shape index (κ2) is 8.28. The number of ether oxygens (including phenoxy) is 1. The van der Waals surface area contributed by atoms with Gasteiger partial charge in [0.25, 0.3) is 5.91 Å². The summed E-state index contributed by atoms with van der Waals surface area (Å²) in [6.07, 6.45) is 2.73. The molecule has 7 nitrogen and oxygen atoms in total. The van der Waals surface area contributed by atoms with E-state index >= 15 is 0 Å². The average molecular weight is 338 g/mol. The largest absolute Gasteiger partial charge is 0.481 e. The molecule has 1 heterocycles. The molecule has 1 atom stereocenters. The van der Waals surface area contributed by atoms with E-state index in [1.54, 1.807) is 13.8 Å². The molecule has 1 aromatic rings. The Bertz CT molecular complexity index is 580. The van der Waals surface area contributed by atoms with Crippen LogP contribution in [-0.4, -0.2) is 53.2 Å². The maximum Gasteiger partial charge on any atom is 0.308 e. The van der Waals surface area contributed by atoms with Crippen molar-refractivity contribution in [2.24, 2.45) is 5.92 Å². The minimum atomic E-state index is -0.925. The van der Waals surface area contributed by atoms with Crippen molar-refractivity contribution in [1.82, 2.24) is 9.88 Å². The Labute approximate surface area is 142 Å². The van der Waals surface area contributed by atoms with Crippen molar-refractivity contribution in [2.75, 3.05) is 26.3 Å². The van der Waals surface area contributed by atoms with Crippen LogP contribution in [0.15, 0.2) is 4.42 Å². The second-order valence-corrected chi connectivity index (χ2v) is 6.28. The number of carboxylic acid groups (broad SMARTS) is 1. The van der Waals surface area contributed by atoms with E-state index in [1.165, 1.54) is 4.90 Å². The van der Waals surface area contributed by atoms with E-state index in [1.807, 2.05) is 6.92 Å². The Kier molecular flexibility index (Phi) is 6.36. The summed E-state index contributed by atoms with van der Waals surface area (Å²) in [5, 5.41) is 9.13. The number of amides is 1. The molecule has 0 saturated heterocycles. The third kappa shape index (κ3) is 4.80. The van der Waals surface area contributed by atoms with Crippen molar-refractivity contribution < 1.29 is 23.8 Å². The SMILES string of the molecule is CCOCCCN(CC(C)C(=O)O)C(=O)c1oc(C2CC2)nc1C. The normalized spacial score (nSPS) is 15.3. The highest BCUT2D eigenvalue weighted by atomic mass is 16.5. The zero-order valence-corrected chi connectivity index (χ0v) is 14.6. The standard InChI is InChI=1S/C17H26N2O5/c1-4-23-9-5-8-19(10-11(2)17(21)22)16(20)14-12(3)18-15(24-14)13-6-7-13/h11,13H,4-10H2,1-3H3,(H,21,22). The quantitative estimate of drug-likeness (QED) is 0.659. The lowest BCUT2D eigenvalue weighted by Crippen LogP contribution is -2.38. The molecule has 2 rings (SSSR count). The molecule has 1 saturated carbocycles. The first-order chi connectivity index (χ1) is 11.4. The molecular weight excluding hydrogens is 312 g/mol. The molecule has 1 aromatic heterocycles. The van der Waals surface area contributed by atoms with Crippen LogP contribution in [0.25, 0.3) is 0 Å². The maximum atomic E-state index is 12.8. The number of rotatable bonds is 10. The van der Waals surface area contributed by atoms with Gasteiger partial charge in [0.15, 0.2) is 5.89 Å². The van der Waals surface area contributed by atoms with Crippen molar-refractivity contribution in [3.05, 3.63) is 17.3 Å². The Hall–Kier alpha value is -1.89. The molecule has 1 aliphatic carbocycles. The maximum absolute atomic E-state index is 12.8. The van der Waals surface area contributed by atoms with E-state index in [0.717, 1.165) is 12.8 Å². The molecule has 0 bridgehead atoms. The van der Waals surface area contributed by atoms with Crippen molar-refractivity contribution in [3.8, 4) is 0 Å². The van der Waals surface area contributed by atoms with Gasteiger partial charge in [-0.25, -0.2) is 4.98 Å². The minimum absolute atomic E-state index is 0.138. The first-order valence-corrected chi connectivity index (χ1v) is 8.51. The topological polar surface area (TPSA) is 92.9 Å². The van der Waals surface area contributed by atoms with E-state index in [-0.39, 0.29) is 18.2 Å². The van der Waals surface area contributed by atoms with Crippen LogP contribution in [0.4, 0.5) is 0 Å². The van der Waals surface area contributed by atoms with Gasteiger partial charge in [0.2, 0.25) is 5.76 Å². The third-order valence-electron chi connectivity index (χ3n) is 4.06. The molecule has 1 N–H and O–H groups in total. The fourth-order valence-electron chi connectivity index (χ4n) is 2.45. The molecule has 0 radical (unpaired) electrons. The van der Waals surface area contributed by atoms with E-state index in [4.69, 9.17) is 14.3 Å². The summed E-state index contributed by atoms with van der Waals surface area (Å²) in [7, 11) is 0. The molecule has 1 amide bonds. The molecule has 1 aliphatic rings. The number of aryl methyl sites for hydroxylation is 1. The van der Waals surface area contributed by atoms with Crippen molar-refractivity contribution >= 4 is 11.9 Å². The molecule has 1 unspecified atom stereocenters. The summed E-state index contributed by atoms with van der Waals surface area (Å²) in [5.41, 5.74) is 0.569. The van der Waals surface area contributed by atoms with E-state index < -0.39 is 11.9 Å². The fourth-order valence-corrected chi connectivity index (χ4v) is 2.45.